The van der Waals surface area contributed by atoms with Gasteiger partial charge in [-0.15, -0.1) is 0 Å². The molecule has 8 atom stereocenters. The third-order valence-corrected chi connectivity index (χ3v) is 9.62. The Labute approximate surface area is 155 Å². The highest BCUT2D eigenvalue weighted by Gasteiger charge is 2.61. The Kier molecular flexibility index (Phi) is 4.32. The van der Waals surface area contributed by atoms with Gasteiger partial charge in [-0.3, -0.25) is 4.79 Å². The molecule has 26 heavy (non-hydrogen) atoms. The minimum absolute atomic E-state index is 0.0836. The highest BCUT2D eigenvalue weighted by atomic mass is 19.4. The van der Waals surface area contributed by atoms with Crippen LogP contribution < -0.4 is 0 Å². The third-order valence-electron chi connectivity index (χ3n) is 9.62. The zero-order chi connectivity index (χ0) is 18.9. The Balaban J connectivity index is 1.57. The van der Waals surface area contributed by atoms with E-state index in [-0.39, 0.29) is 22.7 Å². The highest BCUT2D eigenvalue weighted by Crippen LogP contribution is 2.68. The molecule has 4 rings (SSSR count). The van der Waals surface area contributed by atoms with Crippen LogP contribution >= 0.6 is 0 Å². The lowest BCUT2D eigenvalue weighted by atomic mass is 9.44. The van der Waals surface area contributed by atoms with E-state index < -0.39 is 12.1 Å². The molecule has 0 heterocycles. The topological polar surface area (TPSA) is 17.1 Å². The number of Topliss-reactive ketones (excluding diaryl/α,β-unsaturated/α-hetero) is 1. The van der Waals surface area contributed by atoms with Crippen LogP contribution in [0.25, 0.3) is 0 Å². The van der Waals surface area contributed by atoms with Gasteiger partial charge in [-0.2, -0.15) is 13.2 Å². The summed E-state index contributed by atoms with van der Waals surface area (Å²) >= 11 is 0. The predicted octanol–water partition coefficient (Wildman–Crippen LogP) is 6.41. The molecule has 4 aliphatic rings. The van der Waals surface area contributed by atoms with Crippen LogP contribution in [0.3, 0.4) is 0 Å². The predicted molar refractivity (Wildman–Crippen MR) is 95.4 cm³/mol. The van der Waals surface area contributed by atoms with Gasteiger partial charge >= 0.3 is 6.18 Å². The van der Waals surface area contributed by atoms with Gasteiger partial charge in [-0.25, -0.2) is 0 Å². The smallest absolute Gasteiger partial charge is 0.300 e. The maximum absolute atomic E-state index is 13.3. The minimum Gasteiger partial charge on any atom is -0.300 e. The second kappa shape index (κ2) is 5.98. The van der Waals surface area contributed by atoms with Gasteiger partial charge < -0.3 is 0 Å². The lowest BCUT2D eigenvalue weighted by Gasteiger charge is -2.61. The maximum atomic E-state index is 13.3. The number of hydrogen-bond donors (Lipinski definition) is 0. The second-order valence-corrected chi connectivity index (χ2v) is 10.5. The summed E-state index contributed by atoms with van der Waals surface area (Å²) in [6.45, 7) is 6.39. The van der Waals surface area contributed by atoms with Crippen molar-refractivity contribution in [2.24, 2.45) is 46.3 Å². The molecule has 0 aliphatic heterocycles. The molecule has 0 bridgehead atoms. The van der Waals surface area contributed by atoms with Crippen molar-refractivity contribution < 1.29 is 18.0 Å². The van der Waals surface area contributed by atoms with E-state index in [1.165, 1.54) is 0 Å². The quantitative estimate of drug-likeness (QED) is 0.521. The number of carbonyl (C=O) groups excluding carboxylic acids is 1. The van der Waals surface area contributed by atoms with Crippen molar-refractivity contribution in [2.75, 3.05) is 0 Å². The first kappa shape index (κ1) is 18.8. The number of alkyl halides is 3. The molecule has 0 aromatic rings. The molecular formula is C22H33F3O. The Morgan fingerprint density at radius 1 is 0.885 bits per heavy atom. The number of fused-ring (bicyclic) bond motifs is 5. The number of halogens is 3. The van der Waals surface area contributed by atoms with Crippen LogP contribution in [0.4, 0.5) is 13.2 Å². The summed E-state index contributed by atoms with van der Waals surface area (Å²) < 4.78 is 39.8. The van der Waals surface area contributed by atoms with Crippen molar-refractivity contribution in [3.63, 3.8) is 0 Å². The van der Waals surface area contributed by atoms with Gasteiger partial charge in [0.05, 0.1) is 5.92 Å². The molecule has 0 radical (unpaired) electrons. The largest absolute Gasteiger partial charge is 0.391 e. The van der Waals surface area contributed by atoms with E-state index in [0.717, 1.165) is 44.9 Å². The molecule has 4 saturated carbocycles. The Morgan fingerprint density at radius 2 is 1.54 bits per heavy atom. The lowest BCUT2D eigenvalue weighted by molar-refractivity contribution is -0.207. The summed E-state index contributed by atoms with van der Waals surface area (Å²) in [5.41, 5.74) is 0.222. The molecule has 0 amide bonds. The van der Waals surface area contributed by atoms with Gasteiger partial charge in [-0.05, 0) is 99.2 Å². The van der Waals surface area contributed by atoms with Gasteiger partial charge in [0.15, 0.2) is 0 Å². The molecule has 1 unspecified atom stereocenters. The summed E-state index contributed by atoms with van der Waals surface area (Å²) in [4.78, 5) is 12.2. The molecule has 4 heteroatoms. The highest BCUT2D eigenvalue weighted by molar-refractivity contribution is 5.79. The Morgan fingerprint density at radius 3 is 2.19 bits per heavy atom. The standard InChI is InChI=1S/C22H33F3O/c1-13(26)17-6-7-18-16-5-4-14-12-15(22(23,24)25)8-10-20(14,2)19(16)9-11-21(17,18)3/h14-19H,4-12H2,1-3H3/t14-,15?,16+,17-,18+,19+,20+,21-/m1/s1. The van der Waals surface area contributed by atoms with Gasteiger partial charge in [0.2, 0.25) is 0 Å². The van der Waals surface area contributed by atoms with Crippen LogP contribution in [-0.4, -0.2) is 12.0 Å². The SMILES string of the molecule is CC(=O)[C@H]1CC[C@H]2[C@@H]3CC[C@@H]4CC(C(F)(F)F)CC[C@]4(C)[C@H]3CC[C@]12C. The first-order valence-corrected chi connectivity index (χ1v) is 10.6. The molecular weight excluding hydrogens is 337 g/mol. The van der Waals surface area contributed by atoms with Crippen LogP contribution in [-0.2, 0) is 4.79 Å². The normalized spacial score (nSPS) is 51.3. The van der Waals surface area contributed by atoms with Crippen LogP contribution in [0.2, 0.25) is 0 Å². The maximum Gasteiger partial charge on any atom is 0.391 e. The number of rotatable bonds is 1. The van der Waals surface area contributed by atoms with Crippen molar-refractivity contribution >= 4 is 5.78 Å². The van der Waals surface area contributed by atoms with Crippen molar-refractivity contribution in [1.29, 1.82) is 0 Å². The van der Waals surface area contributed by atoms with E-state index in [9.17, 15) is 18.0 Å². The first-order chi connectivity index (χ1) is 12.1. The Hall–Kier alpha value is -0.540. The second-order valence-electron chi connectivity index (χ2n) is 10.5. The number of ketones is 1. The molecule has 0 N–H and O–H groups in total. The molecule has 148 valence electrons. The number of hydrogen-bond acceptors (Lipinski definition) is 1. The third kappa shape index (κ3) is 2.60. The molecule has 0 aromatic heterocycles. The summed E-state index contributed by atoms with van der Waals surface area (Å²) in [5.74, 6) is 1.51. The van der Waals surface area contributed by atoms with Gasteiger partial charge in [0.25, 0.3) is 0 Å². The van der Waals surface area contributed by atoms with E-state index in [2.05, 4.69) is 13.8 Å². The Bertz CT molecular complexity index is 584. The fourth-order valence-electron chi connectivity index (χ4n) is 8.22. The molecule has 4 fully saturated rings. The zero-order valence-corrected chi connectivity index (χ0v) is 16.4. The summed E-state index contributed by atoms with van der Waals surface area (Å²) in [5, 5.41) is 0. The number of carbonyl (C=O) groups is 1. The fourth-order valence-corrected chi connectivity index (χ4v) is 8.22. The molecule has 0 saturated heterocycles. The summed E-state index contributed by atoms with van der Waals surface area (Å²) in [6, 6.07) is 0. The summed E-state index contributed by atoms with van der Waals surface area (Å²) in [7, 11) is 0. The van der Waals surface area contributed by atoms with Crippen LogP contribution in [0.1, 0.15) is 78.6 Å². The van der Waals surface area contributed by atoms with E-state index in [0.29, 0.717) is 36.4 Å². The van der Waals surface area contributed by atoms with E-state index in [1.807, 2.05) is 0 Å². The van der Waals surface area contributed by atoms with E-state index >= 15 is 0 Å². The average molecular weight is 370 g/mol. The van der Waals surface area contributed by atoms with Crippen molar-refractivity contribution in [2.45, 2.75) is 84.7 Å². The first-order valence-electron chi connectivity index (χ1n) is 10.6. The molecule has 4 aliphatic carbocycles. The lowest BCUT2D eigenvalue weighted by Crippen LogP contribution is -2.54. The van der Waals surface area contributed by atoms with Crippen molar-refractivity contribution in [3.05, 3.63) is 0 Å². The van der Waals surface area contributed by atoms with Crippen molar-refractivity contribution in [3.8, 4) is 0 Å². The molecule has 0 aromatic carbocycles. The minimum atomic E-state index is -4.02. The van der Waals surface area contributed by atoms with Crippen LogP contribution in [0.5, 0.6) is 0 Å². The summed E-state index contributed by atoms with van der Waals surface area (Å²) in [6.07, 6.45) is 3.80. The van der Waals surface area contributed by atoms with E-state index in [4.69, 9.17) is 0 Å². The van der Waals surface area contributed by atoms with Gasteiger partial charge in [0.1, 0.15) is 5.78 Å². The van der Waals surface area contributed by atoms with Gasteiger partial charge in [-0.1, -0.05) is 13.8 Å². The molecule has 1 nitrogen and oxygen atoms in total. The van der Waals surface area contributed by atoms with E-state index in [1.54, 1.807) is 6.92 Å². The van der Waals surface area contributed by atoms with Crippen LogP contribution in [0, 0.1) is 46.3 Å². The van der Waals surface area contributed by atoms with Crippen LogP contribution in [0.15, 0.2) is 0 Å². The fraction of sp³-hybridized carbons (Fsp3) is 0.955. The van der Waals surface area contributed by atoms with Gasteiger partial charge in [0, 0.05) is 5.92 Å². The van der Waals surface area contributed by atoms with Crippen molar-refractivity contribution in [1.82, 2.24) is 0 Å². The monoisotopic (exact) mass is 370 g/mol. The zero-order valence-electron chi connectivity index (χ0n) is 16.4. The average Bonchev–Trinajstić information content (AvgIpc) is 2.90. The molecule has 0 spiro atoms.